The number of halogens is 2. The monoisotopic (exact) mass is 261 g/mol. The minimum absolute atomic E-state index is 0.444. The molecule has 1 aromatic rings. The van der Waals surface area contributed by atoms with E-state index in [1.54, 1.807) is 31.5 Å². The molecule has 15 heavy (non-hydrogen) atoms. The summed E-state index contributed by atoms with van der Waals surface area (Å²) >= 11 is 16.5. The Labute approximate surface area is 103 Å². The van der Waals surface area contributed by atoms with E-state index in [1.807, 2.05) is 0 Å². The highest BCUT2D eigenvalue weighted by atomic mass is 35.5. The van der Waals surface area contributed by atoms with Crippen molar-refractivity contribution < 1.29 is 0 Å². The highest BCUT2D eigenvalue weighted by Gasteiger charge is 1.95. The summed E-state index contributed by atoms with van der Waals surface area (Å²) < 4.78 is 0. The molecule has 80 valence electrons. The Balaban J connectivity index is 2.68. The standard InChI is InChI=1S/C9H9Cl2N3S/c1-12-9(15)14-13-5-6-2-7(10)4-8(11)3-6/h2-5H,1H3,(H2,12,14,15)/b13-5+. The molecule has 0 spiro atoms. The summed E-state index contributed by atoms with van der Waals surface area (Å²) in [5.74, 6) is 0. The van der Waals surface area contributed by atoms with E-state index in [2.05, 4.69) is 15.8 Å². The van der Waals surface area contributed by atoms with E-state index >= 15 is 0 Å². The lowest BCUT2D eigenvalue weighted by atomic mass is 10.2. The molecule has 0 saturated carbocycles. The lowest BCUT2D eigenvalue weighted by Crippen LogP contribution is -2.28. The Hall–Kier alpha value is -0.840. The first kappa shape index (κ1) is 12.2. The third-order valence-electron chi connectivity index (χ3n) is 1.49. The Morgan fingerprint density at radius 2 is 1.93 bits per heavy atom. The van der Waals surface area contributed by atoms with Crippen LogP contribution in [-0.4, -0.2) is 18.4 Å². The molecular formula is C9H9Cl2N3S. The van der Waals surface area contributed by atoms with Crippen molar-refractivity contribution in [2.45, 2.75) is 0 Å². The summed E-state index contributed by atoms with van der Waals surface area (Å²) in [4.78, 5) is 0. The molecule has 1 rings (SSSR count). The zero-order valence-electron chi connectivity index (χ0n) is 7.92. The van der Waals surface area contributed by atoms with Crippen molar-refractivity contribution in [2.75, 3.05) is 7.05 Å². The summed E-state index contributed by atoms with van der Waals surface area (Å²) in [5.41, 5.74) is 3.43. The lowest BCUT2D eigenvalue weighted by molar-refractivity contribution is 0.982. The highest BCUT2D eigenvalue weighted by molar-refractivity contribution is 7.80. The van der Waals surface area contributed by atoms with Crippen molar-refractivity contribution in [3.05, 3.63) is 33.8 Å². The van der Waals surface area contributed by atoms with Crippen molar-refractivity contribution in [3.8, 4) is 0 Å². The minimum atomic E-state index is 0.444. The molecule has 2 N–H and O–H groups in total. The van der Waals surface area contributed by atoms with Gasteiger partial charge in [-0.05, 0) is 36.0 Å². The number of hydrogen-bond acceptors (Lipinski definition) is 2. The topological polar surface area (TPSA) is 36.4 Å². The molecule has 6 heteroatoms. The second-order valence-electron chi connectivity index (χ2n) is 2.65. The summed E-state index contributed by atoms with van der Waals surface area (Å²) in [6, 6.07) is 5.16. The van der Waals surface area contributed by atoms with Gasteiger partial charge >= 0.3 is 0 Å². The molecule has 1 aromatic carbocycles. The maximum absolute atomic E-state index is 5.81. The third-order valence-corrected chi connectivity index (χ3v) is 2.22. The first-order valence-electron chi connectivity index (χ1n) is 4.08. The molecule has 0 atom stereocenters. The van der Waals surface area contributed by atoms with Crippen LogP contribution >= 0.6 is 35.4 Å². The fourth-order valence-corrected chi connectivity index (χ4v) is 1.47. The molecule has 0 aliphatic rings. The fraction of sp³-hybridized carbons (Fsp3) is 0.111. The third kappa shape index (κ3) is 4.46. The van der Waals surface area contributed by atoms with Crippen LogP contribution in [0.5, 0.6) is 0 Å². The first-order valence-corrected chi connectivity index (χ1v) is 5.25. The van der Waals surface area contributed by atoms with Gasteiger partial charge in [-0.2, -0.15) is 5.10 Å². The number of hydrogen-bond donors (Lipinski definition) is 2. The molecule has 0 amide bonds. The molecule has 0 fully saturated rings. The maximum atomic E-state index is 5.81. The zero-order chi connectivity index (χ0) is 11.3. The smallest absolute Gasteiger partial charge is 0.186 e. The van der Waals surface area contributed by atoms with E-state index in [1.165, 1.54) is 0 Å². The van der Waals surface area contributed by atoms with Crippen molar-refractivity contribution >= 4 is 46.7 Å². The van der Waals surface area contributed by atoms with Crippen LogP contribution in [0.25, 0.3) is 0 Å². The van der Waals surface area contributed by atoms with E-state index in [9.17, 15) is 0 Å². The Kier molecular flexibility index (Phi) is 4.81. The van der Waals surface area contributed by atoms with E-state index < -0.39 is 0 Å². The van der Waals surface area contributed by atoms with Crippen LogP contribution in [0, 0.1) is 0 Å². The molecule has 0 aliphatic carbocycles. The van der Waals surface area contributed by atoms with Gasteiger partial charge in [0.05, 0.1) is 6.21 Å². The predicted molar refractivity (Wildman–Crippen MR) is 68.8 cm³/mol. The van der Waals surface area contributed by atoms with Crippen LogP contribution in [0.15, 0.2) is 23.3 Å². The summed E-state index contributed by atoms with van der Waals surface area (Å²) in [7, 11) is 1.71. The van der Waals surface area contributed by atoms with Crippen LogP contribution in [0.3, 0.4) is 0 Å². The second-order valence-corrected chi connectivity index (χ2v) is 3.93. The average Bonchev–Trinajstić information content (AvgIpc) is 2.16. The molecule has 0 radical (unpaired) electrons. The Morgan fingerprint density at radius 3 is 2.47 bits per heavy atom. The van der Waals surface area contributed by atoms with Gasteiger partial charge in [0.25, 0.3) is 0 Å². The van der Waals surface area contributed by atoms with Crippen LogP contribution < -0.4 is 10.7 Å². The molecule has 0 bridgehead atoms. The SMILES string of the molecule is CNC(=S)N/N=C/c1cc(Cl)cc(Cl)c1. The van der Waals surface area contributed by atoms with Gasteiger partial charge in [0.15, 0.2) is 5.11 Å². The molecule has 3 nitrogen and oxygen atoms in total. The van der Waals surface area contributed by atoms with Crippen LogP contribution in [-0.2, 0) is 0 Å². The highest BCUT2D eigenvalue weighted by Crippen LogP contribution is 2.17. The van der Waals surface area contributed by atoms with Gasteiger partial charge in [0, 0.05) is 17.1 Å². The Bertz CT molecular complexity index is 373. The predicted octanol–water partition coefficient (Wildman–Crippen LogP) is 2.42. The zero-order valence-corrected chi connectivity index (χ0v) is 10.2. The number of nitrogens with one attached hydrogen (secondary N) is 2. The van der Waals surface area contributed by atoms with Gasteiger partial charge in [-0.25, -0.2) is 0 Å². The quantitative estimate of drug-likeness (QED) is 0.488. The molecule has 0 aliphatic heterocycles. The van der Waals surface area contributed by atoms with Gasteiger partial charge in [-0.3, -0.25) is 5.43 Å². The normalized spacial score (nSPS) is 10.3. The summed E-state index contributed by atoms with van der Waals surface area (Å²) in [6.45, 7) is 0. The second kappa shape index (κ2) is 5.90. The van der Waals surface area contributed by atoms with Crippen LogP contribution in [0.1, 0.15) is 5.56 Å². The van der Waals surface area contributed by atoms with Gasteiger partial charge in [0.2, 0.25) is 0 Å². The molecule has 0 unspecified atom stereocenters. The number of nitrogens with zero attached hydrogens (tertiary/aromatic N) is 1. The van der Waals surface area contributed by atoms with Crippen molar-refractivity contribution in [2.24, 2.45) is 5.10 Å². The van der Waals surface area contributed by atoms with Gasteiger partial charge in [-0.1, -0.05) is 23.2 Å². The van der Waals surface area contributed by atoms with Gasteiger partial charge in [0.1, 0.15) is 0 Å². The average molecular weight is 262 g/mol. The number of thiocarbonyl (C=S) groups is 1. The van der Waals surface area contributed by atoms with E-state index in [0.29, 0.717) is 15.2 Å². The molecular weight excluding hydrogens is 253 g/mol. The number of benzene rings is 1. The van der Waals surface area contributed by atoms with Crippen LogP contribution in [0.2, 0.25) is 10.0 Å². The van der Waals surface area contributed by atoms with Crippen molar-refractivity contribution in [1.82, 2.24) is 10.7 Å². The first-order chi connectivity index (χ1) is 7.11. The van der Waals surface area contributed by atoms with Crippen molar-refractivity contribution in [3.63, 3.8) is 0 Å². The molecule has 0 saturated heterocycles. The fourth-order valence-electron chi connectivity index (χ4n) is 0.871. The van der Waals surface area contributed by atoms with Gasteiger partial charge in [-0.15, -0.1) is 0 Å². The van der Waals surface area contributed by atoms with E-state index in [4.69, 9.17) is 35.4 Å². The summed E-state index contributed by atoms with van der Waals surface area (Å²) in [5, 5.41) is 8.21. The number of hydrazone groups is 1. The lowest BCUT2D eigenvalue weighted by Gasteiger charge is -2.00. The largest absolute Gasteiger partial charge is 0.364 e. The minimum Gasteiger partial charge on any atom is -0.364 e. The number of rotatable bonds is 2. The summed E-state index contributed by atoms with van der Waals surface area (Å²) in [6.07, 6.45) is 1.58. The maximum Gasteiger partial charge on any atom is 0.186 e. The molecule has 0 heterocycles. The van der Waals surface area contributed by atoms with Gasteiger partial charge < -0.3 is 5.32 Å². The van der Waals surface area contributed by atoms with E-state index in [-0.39, 0.29) is 0 Å². The molecule has 0 aromatic heterocycles. The van der Waals surface area contributed by atoms with E-state index in [0.717, 1.165) is 5.56 Å². The Morgan fingerprint density at radius 1 is 1.33 bits per heavy atom. The van der Waals surface area contributed by atoms with Crippen LogP contribution in [0.4, 0.5) is 0 Å². The van der Waals surface area contributed by atoms with Crippen molar-refractivity contribution in [1.29, 1.82) is 0 Å².